The topological polar surface area (TPSA) is 88.4 Å². The highest BCUT2D eigenvalue weighted by atomic mass is 32.2. The van der Waals surface area contributed by atoms with Crippen LogP contribution in [0.5, 0.6) is 11.5 Å². The highest BCUT2D eigenvalue weighted by Crippen LogP contribution is 2.27. The fraction of sp³-hybridized carbons (Fsp3) is 0.500. The third-order valence-corrected chi connectivity index (χ3v) is 4.85. The van der Waals surface area contributed by atoms with Gasteiger partial charge < -0.3 is 9.47 Å². The highest BCUT2D eigenvalue weighted by molar-refractivity contribution is 7.90. The molecular weight excluding hydrogens is 292 g/mol. The quantitative estimate of drug-likeness (QED) is 0.785. The van der Waals surface area contributed by atoms with Gasteiger partial charge in [0.1, 0.15) is 0 Å². The molecule has 1 N–H and O–H groups in total. The van der Waals surface area contributed by atoms with Gasteiger partial charge in [0, 0.05) is 6.54 Å². The van der Waals surface area contributed by atoms with Crippen LogP contribution >= 0.6 is 0 Å². The monoisotopic (exact) mass is 312 g/mol. The molecule has 0 bridgehead atoms. The van der Waals surface area contributed by atoms with Crippen LogP contribution in [0.15, 0.2) is 18.2 Å². The smallest absolute Gasteiger partial charge is 0.227 e. The van der Waals surface area contributed by atoms with E-state index < -0.39 is 15.3 Å². The fourth-order valence-corrected chi connectivity index (χ4v) is 3.02. The van der Waals surface area contributed by atoms with Crippen molar-refractivity contribution in [1.82, 2.24) is 4.72 Å². The van der Waals surface area contributed by atoms with Gasteiger partial charge in [-0.1, -0.05) is 13.0 Å². The lowest BCUT2D eigenvalue weighted by molar-refractivity contribution is 0.354. The number of rotatable bonds is 8. The molecule has 1 aromatic carbocycles. The SMILES string of the molecule is CCC(C#N)S(=O)(=O)NCCc1ccc(OC)c(OC)c1. The molecule has 0 amide bonds. The first-order valence-electron chi connectivity index (χ1n) is 6.57. The lowest BCUT2D eigenvalue weighted by Crippen LogP contribution is -2.34. The van der Waals surface area contributed by atoms with Crippen LogP contribution in [0.4, 0.5) is 0 Å². The Morgan fingerprint density at radius 2 is 1.95 bits per heavy atom. The summed E-state index contributed by atoms with van der Waals surface area (Å²) >= 11 is 0. The molecule has 1 rings (SSSR count). The average molecular weight is 312 g/mol. The minimum atomic E-state index is -3.59. The van der Waals surface area contributed by atoms with Crippen molar-refractivity contribution in [1.29, 1.82) is 5.26 Å². The Morgan fingerprint density at radius 3 is 2.48 bits per heavy atom. The van der Waals surface area contributed by atoms with Gasteiger partial charge in [-0.15, -0.1) is 0 Å². The van der Waals surface area contributed by atoms with E-state index in [1.165, 1.54) is 0 Å². The Balaban J connectivity index is 2.67. The molecule has 21 heavy (non-hydrogen) atoms. The van der Waals surface area contributed by atoms with Crippen molar-refractivity contribution in [3.05, 3.63) is 23.8 Å². The van der Waals surface area contributed by atoms with Crippen LogP contribution in [0.25, 0.3) is 0 Å². The minimum absolute atomic E-state index is 0.232. The summed E-state index contributed by atoms with van der Waals surface area (Å²) in [5.41, 5.74) is 0.917. The number of methoxy groups -OCH3 is 2. The Bertz CT molecular complexity index is 608. The number of benzene rings is 1. The van der Waals surface area contributed by atoms with Crippen molar-refractivity contribution in [2.75, 3.05) is 20.8 Å². The molecule has 0 fully saturated rings. The predicted octanol–water partition coefficient (Wildman–Crippen LogP) is 1.47. The van der Waals surface area contributed by atoms with Crippen LogP contribution in [0, 0.1) is 11.3 Å². The summed E-state index contributed by atoms with van der Waals surface area (Å²) in [5.74, 6) is 1.22. The molecule has 116 valence electrons. The Hall–Kier alpha value is -1.78. The third kappa shape index (κ3) is 4.62. The van der Waals surface area contributed by atoms with Gasteiger partial charge >= 0.3 is 0 Å². The van der Waals surface area contributed by atoms with Gasteiger partial charge in [0.2, 0.25) is 10.0 Å². The third-order valence-electron chi connectivity index (χ3n) is 3.05. The Morgan fingerprint density at radius 1 is 1.29 bits per heavy atom. The molecule has 0 aliphatic carbocycles. The number of hydrogen-bond donors (Lipinski definition) is 1. The number of sulfonamides is 1. The van der Waals surface area contributed by atoms with Gasteiger partial charge in [-0.25, -0.2) is 13.1 Å². The van der Waals surface area contributed by atoms with Crippen molar-refractivity contribution < 1.29 is 17.9 Å². The largest absolute Gasteiger partial charge is 0.493 e. The maximum absolute atomic E-state index is 11.8. The number of nitrogens with one attached hydrogen (secondary N) is 1. The summed E-state index contributed by atoms with van der Waals surface area (Å²) in [5, 5.41) is 7.79. The van der Waals surface area contributed by atoms with Crippen LogP contribution < -0.4 is 14.2 Å². The molecule has 0 heterocycles. The number of hydrogen-bond acceptors (Lipinski definition) is 5. The van der Waals surface area contributed by atoms with Crippen molar-refractivity contribution in [2.24, 2.45) is 0 Å². The molecule has 7 heteroatoms. The first kappa shape index (κ1) is 17.3. The first-order chi connectivity index (χ1) is 9.98. The van der Waals surface area contributed by atoms with E-state index in [0.29, 0.717) is 17.9 Å². The van der Waals surface area contributed by atoms with Gasteiger partial charge in [-0.3, -0.25) is 0 Å². The summed E-state index contributed by atoms with van der Waals surface area (Å²) in [7, 11) is -0.489. The van der Waals surface area contributed by atoms with Crippen molar-refractivity contribution in [3.63, 3.8) is 0 Å². The average Bonchev–Trinajstić information content (AvgIpc) is 2.47. The molecule has 0 aromatic heterocycles. The van der Waals surface area contributed by atoms with E-state index in [0.717, 1.165) is 5.56 Å². The van der Waals surface area contributed by atoms with Crippen LogP contribution in [0.1, 0.15) is 18.9 Å². The second-order valence-corrected chi connectivity index (χ2v) is 6.35. The molecule has 6 nitrogen and oxygen atoms in total. The second-order valence-electron chi connectivity index (χ2n) is 4.40. The van der Waals surface area contributed by atoms with Gasteiger partial charge in [-0.2, -0.15) is 5.26 Å². The summed E-state index contributed by atoms with van der Waals surface area (Å²) in [4.78, 5) is 0. The Labute approximate surface area is 125 Å². The molecule has 1 aromatic rings. The number of nitriles is 1. The fourth-order valence-electron chi connectivity index (χ4n) is 1.85. The van der Waals surface area contributed by atoms with Gasteiger partial charge in [0.05, 0.1) is 20.3 Å². The van der Waals surface area contributed by atoms with E-state index in [4.69, 9.17) is 14.7 Å². The van der Waals surface area contributed by atoms with Gasteiger partial charge in [-0.05, 0) is 30.5 Å². The molecule has 0 saturated heterocycles. The summed E-state index contributed by atoms with van der Waals surface area (Å²) in [6.45, 7) is 1.90. The van der Waals surface area contributed by atoms with Crippen molar-refractivity contribution in [3.8, 4) is 17.6 Å². The molecule has 0 aliphatic heterocycles. The van der Waals surface area contributed by atoms with E-state index in [9.17, 15) is 8.42 Å². The lowest BCUT2D eigenvalue weighted by Gasteiger charge is -2.11. The lowest BCUT2D eigenvalue weighted by atomic mass is 10.1. The maximum atomic E-state index is 11.8. The van der Waals surface area contributed by atoms with E-state index in [1.54, 1.807) is 39.3 Å². The molecule has 0 aliphatic rings. The van der Waals surface area contributed by atoms with Crippen LogP contribution in [-0.4, -0.2) is 34.4 Å². The van der Waals surface area contributed by atoms with E-state index >= 15 is 0 Å². The molecule has 0 saturated carbocycles. The van der Waals surface area contributed by atoms with Gasteiger partial charge in [0.25, 0.3) is 0 Å². The summed E-state index contributed by atoms with van der Waals surface area (Å²) < 4.78 is 36.4. The van der Waals surface area contributed by atoms with Gasteiger partial charge in [0.15, 0.2) is 16.7 Å². The predicted molar refractivity (Wildman–Crippen MR) is 79.9 cm³/mol. The number of ether oxygens (including phenoxy) is 2. The zero-order valence-electron chi connectivity index (χ0n) is 12.4. The second kappa shape index (κ2) is 7.86. The normalized spacial score (nSPS) is 12.5. The Kier molecular flexibility index (Phi) is 6.46. The minimum Gasteiger partial charge on any atom is -0.493 e. The van der Waals surface area contributed by atoms with E-state index in [1.807, 2.05) is 6.07 Å². The highest BCUT2D eigenvalue weighted by Gasteiger charge is 2.22. The first-order valence-corrected chi connectivity index (χ1v) is 8.12. The molecular formula is C14H20N2O4S. The zero-order valence-corrected chi connectivity index (χ0v) is 13.2. The summed E-state index contributed by atoms with van der Waals surface area (Å²) in [6, 6.07) is 7.20. The van der Waals surface area contributed by atoms with Crippen molar-refractivity contribution >= 4 is 10.0 Å². The van der Waals surface area contributed by atoms with E-state index in [2.05, 4.69) is 4.72 Å². The van der Waals surface area contributed by atoms with Crippen molar-refractivity contribution in [2.45, 2.75) is 25.0 Å². The molecule has 0 radical (unpaired) electrons. The van der Waals surface area contributed by atoms with E-state index in [-0.39, 0.29) is 13.0 Å². The maximum Gasteiger partial charge on any atom is 0.227 e. The van der Waals surface area contributed by atoms with Crippen LogP contribution in [0.3, 0.4) is 0 Å². The molecule has 1 unspecified atom stereocenters. The number of nitrogens with zero attached hydrogens (tertiary/aromatic N) is 1. The van der Waals surface area contributed by atoms with Crippen LogP contribution in [-0.2, 0) is 16.4 Å². The summed E-state index contributed by atoms with van der Waals surface area (Å²) in [6.07, 6.45) is 0.767. The molecule has 1 atom stereocenters. The van der Waals surface area contributed by atoms with Crippen LogP contribution in [0.2, 0.25) is 0 Å². The standard InChI is InChI=1S/C14H20N2O4S/c1-4-12(10-15)21(17,18)16-8-7-11-5-6-13(19-2)14(9-11)20-3/h5-6,9,12,16H,4,7-8H2,1-3H3. The molecule has 0 spiro atoms. The zero-order chi connectivity index (χ0) is 15.9.